The molecule has 264 valence electrons. The van der Waals surface area contributed by atoms with Gasteiger partial charge in [0.05, 0.1) is 23.2 Å². The minimum absolute atomic E-state index is 0.0782. The van der Waals surface area contributed by atoms with Gasteiger partial charge in [0.25, 0.3) is 0 Å². The summed E-state index contributed by atoms with van der Waals surface area (Å²) in [4.78, 5) is 55.5. The zero-order valence-corrected chi connectivity index (χ0v) is 30.6. The van der Waals surface area contributed by atoms with Gasteiger partial charge in [-0.05, 0) is 57.1 Å². The monoisotopic (exact) mass is 705 g/mol. The van der Waals surface area contributed by atoms with E-state index in [9.17, 15) is 24.3 Å². The predicted molar refractivity (Wildman–Crippen MR) is 186 cm³/mol. The molecule has 0 spiro atoms. The number of alkyl carbamates (subject to hydrolysis) is 1. The van der Waals surface area contributed by atoms with Gasteiger partial charge in [0.1, 0.15) is 29.6 Å². The number of ether oxygens (including phenoxy) is 3. The zero-order valence-electron chi connectivity index (χ0n) is 28.9. The third-order valence-corrected chi connectivity index (χ3v) is 10.7. The van der Waals surface area contributed by atoms with Gasteiger partial charge in [0, 0.05) is 38.8 Å². The number of carbonyl (C=O) groups is 4. The highest BCUT2D eigenvalue weighted by Gasteiger charge is 2.64. The van der Waals surface area contributed by atoms with Crippen LogP contribution >= 0.6 is 24.2 Å². The van der Waals surface area contributed by atoms with Crippen molar-refractivity contribution in [1.29, 1.82) is 0 Å². The van der Waals surface area contributed by atoms with Crippen LogP contribution in [0.5, 0.6) is 0 Å². The fraction of sp³-hybridized carbons (Fsp3) is 0.600. The molecule has 0 saturated carbocycles. The summed E-state index contributed by atoms with van der Waals surface area (Å²) in [5.74, 6) is -1.94. The van der Waals surface area contributed by atoms with E-state index in [0.717, 1.165) is 16.7 Å². The Morgan fingerprint density at radius 2 is 1.96 bits per heavy atom. The van der Waals surface area contributed by atoms with Crippen LogP contribution in [0, 0.1) is 18.8 Å². The first kappa shape index (κ1) is 37.8. The molecule has 3 heterocycles. The van der Waals surface area contributed by atoms with Crippen LogP contribution in [0.15, 0.2) is 35.9 Å². The third kappa shape index (κ3) is 8.04. The number of epoxide rings is 1. The number of allylic oxidation sites excluding steroid dienone is 3. The Bertz CT molecular complexity index is 1500. The highest BCUT2D eigenvalue weighted by atomic mass is 35.5. The third-order valence-electron chi connectivity index (χ3n) is 9.99. The van der Waals surface area contributed by atoms with Crippen molar-refractivity contribution in [2.24, 2.45) is 11.8 Å². The van der Waals surface area contributed by atoms with E-state index < -0.39 is 59.6 Å². The Morgan fingerprint density at radius 1 is 1.27 bits per heavy atom. The summed E-state index contributed by atoms with van der Waals surface area (Å²) in [6, 6.07) is 2.90. The number of esters is 1. The molecule has 48 heavy (non-hydrogen) atoms. The average Bonchev–Trinajstić information content (AvgIpc) is 3.72. The first-order valence-corrected chi connectivity index (χ1v) is 17.3. The Hall–Kier alpha value is -3.06. The number of nitrogens with zero attached hydrogens (tertiary/aromatic N) is 2. The van der Waals surface area contributed by atoms with Gasteiger partial charge in [-0.15, -0.1) is 0 Å². The van der Waals surface area contributed by atoms with Crippen LogP contribution in [0.25, 0.3) is 0 Å². The average molecular weight is 706 g/mol. The number of aryl methyl sites for hydroxylation is 1. The number of fused-ring (bicyclic) bond motifs is 5. The van der Waals surface area contributed by atoms with Crippen molar-refractivity contribution < 1.29 is 38.5 Å². The molecule has 2 fully saturated rings. The van der Waals surface area contributed by atoms with E-state index in [1.165, 1.54) is 16.8 Å². The number of hydrogen-bond acceptors (Lipinski definition) is 9. The first-order valence-electron chi connectivity index (χ1n) is 16.3. The van der Waals surface area contributed by atoms with Gasteiger partial charge in [-0.2, -0.15) is 12.6 Å². The quantitative estimate of drug-likeness (QED) is 0.227. The molecule has 4 bridgehead atoms. The minimum Gasteiger partial charge on any atom is -0.457 e. The van der Waals surface area contributed by atoms with Crippen molar-refractivity contribution in [2.75, 3.05) is 24.7 Å². The Labute approximate surface area is 293 Å². The minimum atomic E-state index is -1.59. The maximum absolute atomic E-state index is 14.0. The summed E-state index contributed by atoms with van der Waals surface area (Å²) in [6.07, 6.45) is 3.02. The highest BCUT2D eigenvalue weighted by molar-refractivity contribution is 7.80. The van der Waals surface area contributed by atoms with Gasteiger partial charge in [0.2, 0.25) is 11.8 Å². The molecule has 11 nitrogen and oxygen atoms in total. The van der Waals surface area contributed by atoms with Crippen LogP contribution in [-0.4, -0.2) is 89.4 Å². The van der Waals surface area contributed by atoms with E-state index in [2.05, 4.69) is 17.9 Å². The van der Waals surface area contributed by atoms with Crippen LogP contribution in [0.1, 0.15) is 65.0 Å². The zero-order chi connectivity index (χ0) is 35.7. The molecular weight excluding hydrogens is 658 g/mol. The number of hydrogen-bond donors (Lipinski definition) is 3. The Morgan fingerprint density at radius 3 is 2.62 bits per heavy atom. The number of anilines is 1. The molecule has 1 aromatic rings. The highest BCUT2D eigenvalue weighted by Crippen LogP contribution is 2.49. The summed E-state index contributed by atoms with van der Waals surface area (Å²) in [6.45, 7) is 10.8. The number of likely N-dealkylation sites (N-methyl/N-ethyl adjacent to an activating group) is 1. The summed E-state index contributed by atoms with van der Waals surface area (Å²) >= 11 is 10.9. The molecule has 2 N–H and O–H groups in total. The summed E-state index contributed by atoms with van der Waals surface area (Å²) in [5.41, 5.74) is 0.543. The molecule has 2 saturated heterocycles. The second-order valence-electron chi connectivity index (χ2n) is 13.6. The van der Waals surface area contributed by atoms with E-state index in [4.69, 9.17) is 25.8 Å². The standard InChI is InChI=1S/C35H48ClN3O8S/c1-19-10-9-11-21(3)35(44)18-26(45-33(43)37-35)22(4)31-34(6,47-31)27(46-32(42)23(5)38(7)28(40)12-13-48)17-29(41)39(8)25-16-24(14-19)15-20(2)30(25)36/h9-11,15-16,21-23,26-27,31,44,48H,12-14,17-18H2,1-8H3,(H,37,43)/b11-9+,19-10+/t21-,22-,23?,26+,27+,31+,34+,35+/m1/s1. The first-order chi connectivity index (χ1) is 22.4. The maximum Gasteiger partial charge on any atom is 0.409 e. The van der Waals surface area contributed by atoms with E-state index in [1.807, 2.05) is 58.1 Å². The van der Waals surface area contributed by atoms with Crippen molar-refractivity contribution >= 4 is 53.8 Å². The topological polar surface area (TPSA) is 138 Å². The second kappa shape index (κ2) is 14.8. The lowest BCUT2D eigenvalue weighted by Gasteiger charge is -2.41. The van der Waals surface area contributed by atoms with Crippen LogP contribution in [0.3, 0.4) is 0 Å². The lowest BCUT2D eigenvalue weighted by atomic mass is 9.82. The molecule has 8 atom stereocenters. The largest absolute Gasteiger partial charge is 0.457 e. The summed E-state index contributed by atoms with van der Waals surface area (Å²) < 4.78 is 17.9. The smallest absolute Gasteiger partial charge is 0.409 e. The number of carbonyl (C=O) groups excluding carboxylic acids is 4. The molecule has 4 rings (SSSR count). The second-order valence-corrected chi connectivity index (χ2v) is 14.4. The molecule has 0 radical (unpaired) electrons. The number of amides is 3. The lowest BCUT2D eigenvalue weighted by molar-refractivity contribution is -0.161. The maximum atomic E-state index is 14.0. The van der Waals surface area contributed by atoms with E-state index in [0.29, 0.717) is 22.9 Å². The Kier molecular flexibility index (Phi) is 11.7. The fourth-order valence-corrected chi connectivity index (χ4v) is 6.86. The molecule has 3 aliphatic rings. The van der Waals surface area contributed by atoms with Crippen molar-refractivity contribution in [3.8, 4) is 0 Å². The molecule has 3 amide bonds. The van der Waals surface area contributed by atoms with Gasteiger partial charge in [0.15, 0.2) is 0 Å². The van der Waals surface area contributed by atoms with Gasteiger partial charge in [-0.3, -0.25) is 14.9 Å². The molecule has 1 aromatic carbocycles. The van der Waals surface area contributed by atoms with Gasteiger partial charge >= 0.3 is 12.1 Å². The number of aliphatic hydroxyl groups is 1. The molecule has 0 aliphatic carbocycles. The normalized spacial score (nSPS) is 33.3. The van der Waals surface area contributed by atoms with Crippen molar-refractivity contribution in [1.82, 2.24) is 10.2 Å². The van der Waals surface area contributed by atoms with E-state index in [-0.39, 0.29) is 31.1 Å². The molecule has 0 aromatic heterocycles. The lowest BCUT2D eigenvalue weighted by Crippen LogP contribution is -2.60. The summed E-state index contributed by atoms with van der Waals surface area (Å²) in [7, 11) is 3.14. The van der Waals surface area contributed by atoms with E-state index >= 15 is 0 Å². The van der Waals surface area contributed by atoms with Gasteiger partial charge in [-0.1, -0.05) is 55.3 Å². The predicted octanol–water partition coefficient (Wildman–Crippen LogP) is 4.76. The number of rotatable bonds is 5. The molecule has 1 unspecified atom stereocenters. The number of benzene rings is 1. The van der Waals surface area contributed by atoms with Crippen molar-refractivity contribution in [3.63, 3.8) is 0 Å². The van der Waals surface area contributed by atoms with E-state index in [1.54, 1.807) is 20.9 Å². The van der Waals surface area contributed by atoms with Crippen LogP contribution < -0.4 is 10.2 Å². The van der Waals surface area contributed by atoms with Gasteiger partial charge in [-0.25, -0.2) is 9.59 Å². The molecule has 13 heteroatoms. The van der Waals surface area contributed by atoms with Crippen LogP contribution in [-0.2, 0) is 35.0 Å². The van der Waals surface area contributed by atoms with Crippen LogP contribution in [0.2, 0.25) is 5.02 Å². The number of thiol groups is 1. The molecule has 3 aliphatic heterocycles. The van der Waals surface area contributed by atoms with Crippen molar-refractivity contribution in [2.45, 2.75) is 103 Å². The Balaban J connectivity index is 1.75. The molecular formula is C35H48ClN3O8S. The fourth-order valence-electron chi connectivity index (χ4n) is 6.43. The SMILES string of the molecule is C/C1=C\C=C\[C@@H](C)[C@@]2(O)C[C@H](OC(=O)N2)[C@@H](C)[C@@H]2O[C@@]2(C)[C@@H](OC(=O)C(C)N(C)C(=O)CCS)CC(=O)N(C)c2cc(cc(C)c2Cl)C1. The van der Waals surface area contributed by atoms with Crippen molar-refractivity contribution in [3.05, 3.63) is 52.1 Å². The number of nitrogens with one attached hydrogen (secondary N) is 1. The van der Waals surface area contributed by atoms with Crippen LogP contribution in [0.4, 0.5) is 10.5 Å². The number of halogens is 1. The van der Waals surface area contributed by atoms with Gasteiger partial charge < -0.3 is 29.1 Å². The summed E-state index contributed by atoms with van der Waals surface area (Å²) in [5, 5.41) is 14.6.